The van der Waals surface area contributed by atoms with Crippen molar-refractivity contribution in [2.45, 2.75) is 19.3 Å². The minimum absolute atomic E-state index is 0.499. The van der Waals surface area contributed by atoms with Crippen LogP contribution in [0.4, 0.5) is 11.6 Å². The first kappa shape index (κ1) is 22.2. The molecule has 2 unspecified atom stereocenters. The van der Waals surface area contributed by atoms with Crippen molar-refractivity contribution >= 4 is 17.2 Å². The number of rotatable bonds is 6. The number of fused-ring (bicyclic) bond motifs is 1. The van der Waals surface area contributed by atoms with E-state index in [1.165, 1.54) is 5.56 Å². The Labute approximate surface area is 200 Å². The Balaban J connectivity index is 1.45. The molecule has 7 nitrogen and oxygen atoms in total. The van der Waals surface area contributed by atoms with Gasteiger partial charge in [0.2, 0.25) is 5.95 Å². The molecule has 7 heteroatoms. The molecule has 0 bridgehead atoms. The van der Waals surface area contributed by atoms with Crippen LogP contribution in [0.5, 0.6) is 11.5 Å². The molecule has 1 N–H and O–H groups in total. The smallest absolute Gasteiger partial charge is 0.245 e. The standard InChI is InChI=1S/C27H31N5O2/c1-18-17-31(2)14-13-21(18)19-9-11-23(26(15-19)34-4)29-27-28-16-20-10-12-24(32(20)30-27)22-7-5-6-8-25(22)33-3/h5-12,15-16,18,21H,13-14,17H2,1-4H3,(H,29,30). The highest BCUT2D eigenvalue weighted by atomic mass is 16.5. The van der Waals surface area contributed by atoms with Crippen molar-refractivity contribution in [3.63, 3.8) is 0 Å². The number of para-hydroxylation sites is 1. The first-order valence-corrected chi connectivity index (χ1v) is 11.7. The normalized spacial score (nSPS) is 18.7. The summed E-state index contributed by atoms with van der Waals surface area (Å²) in [5.74, 6) is 3.24. The van der Waals surface area contributed by atoms with Crippen LogP contribution in [0.25, 0.3) is 16.8 Å². The van der Waals surface area contributed by atoms with Crippen molar-refractivity contribution in [3.8, 4) is 22.8 Å². The van der Waals surface area contributed by atoms with Gasteiger partial charge < -0.3 is 19.7 Å². The molecular formula is C27H31N5O2. The number of methoxy groups -OCH3 is 2. The van der Waals surface area contributed by atoms with E-state index in [2.05, 4.69) is 47.4 Å². The van der Waals surface area contributed by atoms with E-state index in [0.29, 0.717) is 17.8 Å². The number of nitrogens with one attached hydrogen (secondary N) is 1. The van der Waals surface area contributed by atoms with Crippen LogP contribution in [0.2, 0.25) is 0 Å². The number of nitrogens with zero attached hydrogens (tertiary/aromatic N) is 4. The lowest BCUT2D eigenvalue weighted by Crippen LogP contribution is -2.35. The monoisotopic (exact) mass is 457 g/mol. The van der Waals surface area contributed by atoms with Gasteiger partial charge in [0.05, 0.1) is 37.3 Å². The van der Waals surface area contributed by atoms with Gasteiger partial charge in [-0.25, -0.2) is 9.50 Å². The predicted molar refractivity (Wildman–Crippen MR) is 135 cm³/mol. The molecule has 0 amide bonds. The molecule has 0 saturated carbocycles. The Morgan fingerprint density at radius 1 is 1.00 bits per heavy atom. The van der Waals surface area contributed by atoms with E-state index in [4.69, 9.17) is 14.6 Å². The summed E-state index contributed by atoms with van der Waals surface area (Å²) in [6.45, 7) is 4.57. The third-order valence-electron chi connectivity index (χ3n) is 6.79. The highest BCUT2D eigenvalue weighted by Crippen LogP contribution is 2.37. The zero-order chi connectivity index (χ0) is 23.7. The van der Waals surface area contributed by atoms with Gasteiger partial charge in [-0.15, -0.1) is 5.10 Å². The quantitative estimate of drug-likeness (QED) is 0.429. The third kappa shape index (κ3) is 4.19. The summed E-state index contributed by atoms with van der Waals surface area (Å²) in [4.78, 5) is 6.93. The minimum atomic E-state index is 0.499. The summed E-state index contributed by atoms with van der Waals surface area (Å²) < 4.78 is 13.2. The van der Waals surface area contributed by atoms with E-state index in [1.807, 2.05) is 47.1 Å². The molecule has 5 rings (SSSR count). The van der Waals surface area contributed by atoms with Gasteiger partial charge in [-0.3, -0.25) is 0 Å². The molecule has 0 radical (unpaired) electrons. The van der Waals surface area contributed by atoms with E-state index in [9.17, 15) is 0 Å². The second-order valence-electron chi connectivity index (χ2n) is 9.06. The predicted octanol–water partition coefficient (Wildman–Crippen LogP) is 5.21. The second-order valence-corrected chi connectivity index (χ2v) is 9.06. The Morgan fingerprint density at radius 2 is 1.82 bits per heavy atom. The van der Waals surface area contributed by atoms with E-state index >= 15 is 0 Å². The van der Waals surface area contributed by atoms with Gasteiger partial charge in [0.15, 0.2) is 0 Å². The molecule has 4 aromatic rings. The van der Waals surface area contributed by atoms with Crippen molar-refractivity contribution in [3.05, 3.63) is 66.4 Å². The highest BCUT2D eigenvalue weighted by molar-refractivity contribution is 5.72. The number of benzene rings is 2. The second kappa shape index (κ2) is 9.35. The van der Waals surface area contributed by atoms with Gasteiger partial charge in [-0.05, 0) is 73.8 Å². The molecular weight excluding hydrogens is 426 g/mol. The lowest BCUT2D eigenvalue weighted by atomic mass is 9.81. The van der Waals surface area contributed by atoms with Gasteiger partial charge >= 0.3 is 0 Å². The van der Waals surface area contributed by atoms with Crippen LogP contribution in [0.15, 0.2) is 60.8 Å². The van der Waals surface area contributed by atoms with Crippen molar-refractivity contribution in [1.82, 2.24) is 19.5 Å². The van der Waals surface area contributed by atoms with E-state index in [1.54, 1.807) is 14.2 Å². The van der Waals surface area contributed by atoms with Gasteiger partial charge in [0, 0.05) is 12.1 Å². The van der Waals surface area contributed by atoms with Crippen LogP contribution >= 0.6 is 0 Å². The summed E-state index contributed by atoms with van der Waals surface area (Å²) in [6, 6.07) is 18.4. The fraction of sp³-hybridized carbons (Fsp3) is 0.333. The zero-order valence-electron chi connectivity index (χ0n) is 20.2. The Bertz CT molecular complexity index is 1300. The fourth-order valence-electron chi connectivity index (χ4n) is 5.03. The molecule has 34 heavy (non-hydrogen) atoms. The van der Waals surface area contributed by atoms with Crippen molar-refractivity contribution in [1.29, 1.82) is 0 Å². The van der Waals surface area contributed by atoms with Crippen molar-refractivity contribution in [2.24, 2.45) is 5.92 Å². The zero-order valence-corrected chi connectivity index (χ0v) is 20.2. The molecule has 1 aliphatic heterocycles. The maximum Gasteiger partial charge on any atom is 0.245 e. The van der Waals surface area contributed by atoms with Crippen LogP contribution in [0, 0.1) is 5.92 Å². The van der Waals surface area contributed by atoms with Crippen LogP contribution in [0.3, 0.4) is 0 Å². The van der Waals surface area contributed by atoms with Crippen LogP contribution in [-0.4, -0.2) is 53.9 Å². The van der Waals surface area contributed by atoms with Crippen molar-refractivity contribution in [2.75, 3.05) is 39.7 Å². The molecule has 1 saturated heterocycles. The fourth-order valence-corrected chi connectivity index (χ4v) is 5.03. The van der Waals surface area contributed by atoms with Crippen LogP contribution in [-0.2, 0) is 0 Å². The lowest BCUT2D eigenvalue weighted by molar-refractivity contribution is 0.195. The van der Waals surface area contributed by atoms with Gasteiger partial charge in [-0.1, -0.05) is 25.1 Å². The average molecular weight is 458 g/mol. The SMILES string of the molecule is COc1cc(C2CCN(C)CC2C)ccc1Nc1ncc2ccc(-c3ccccc3OC)n2n1. The molecule has 2 aromatic heterocycles. The molecule has 3 heterocycles. The van der Waals surface area contributed by atoms with Crippen LogP contribution < -0.4 is 14.8 Å². The molecule has 0 spiro atoms. The summed E-state index contributed by atoms with van der Waals surface area (Å²) in [5.41, 5.74) is 4.99. The number of anilines is 2. The summed E-state index contributed by atoms with van der Waals surface area (Å²) in [7, 11) is 5.58. The van der Waals surface area contributed by atoms with Crippen LogP contribution in [0.1, 0.15) is 24.8 Å². The topological polar surface area (TPSA) is 63.9 Å². The Morgan fingerprint density at radius 3 is 2.62 bits per heavy atom. The largest absolute Gasteiger partial charge is 0.496 e. The summed E-state index contributed by atoms with van der Waals surface area (Å²) >= 11 is 0. The number of ether oxygens (including phenoxy) is 2. The van der Waals surface area contributed by atoms with E-state index in [0.717, 1.165) is 53.5 Å². The number of piperidine rings is 1. The number of aromatic nitrogens is 3. The molecule has 1 fully saturated rings. The van der Waals surface area contributed by atoms with Gasteiger partial charge in [0.1, 0.15) is 11.5 Å². The average Bonchev–Trinajstić information content (AvgIpc) is 3.27. The first-order valence-electron chi connectivity index (χ1n) is 11.7. The Hall–Kier alpha value is -3.58. The van der Waals surface area contributed by atoms with Gasteiger partial charge in [0.25, 0.3) is 0 Å². The van der Waals surface area contributed by atoms with Crippen molar-refractivity contribution < 1.29 is 9.47 Å². The van der Waals surface area contributed by atoms with E-state index < -0.39 is 0 Å². The van der Waals surface area contributed by atoms with E-state index in [-0.39, 0.29) is 0 Å². The third-order valence-corrected chi connectivity index (χ3v) is 6.79. The molecule has 2 aromatic carbocycles. The maximum absolute atomic E-state index is 5.75. The van der Waals surface area contributed by atoms with Gasteiger partial charge in [-0.2, -0.15) is 0 Å². The summed E-state index contributed by atoms with van der Waals surface area (Å²) in [6.07, 6.45) is 2.97. The first-order chi connectivity index (χ1) is 16.6. The highest BCUT2D eigenvalue weighted by Gasteiger charge is 2.26. The number of hydrogen-bond acceptors (Lipinski definition) is 6. The molecule has 0 aliphatic carbocycles. The molecule has 176 valence electrons. The lowest BCUT2D eigenvalue weighted by Gasteiger charge is -2.35. The summed E-state index contributed by atoms with van der Waals surface area (Å²) in [5, 5.41) is 8.12. The minimum Gasteiger partial charge on any atom is -0.496 e. The number of hydrogen-bond donors (Lipinski definition) is 1. The number of likely N-dealkylation sites (tertiary alicyclic amines) is 1. The maximum atomic E-state index is 5.75. The Kier molecular flexibility index (Phi) is 6.11. The molecule has 2 atom stereocenters. The molecule has 1 aliphatic rings.